The Balaban J connectivity index is 2.25. The smallest absolute Gasteiger partial charge is 0.326 e. The van der Waals surface area contributed by atoms with Crippen molar-refractivity contribution in [2.45, 2.75) is 38.6 Å². The van der Waals surface area contributed by atoms with Gasteiger partial charge in [0.05, 0.1) is 0 Å². The molecule has 106 valence electrons. The zero-order valence-electron chi connectivity index (χ0n) is 10.8. The topological polar surface area (TPSA) is 117 Å². The molecule has 1 heterocycles. The van der Waals surface area contributed by atoms with Crippen LogP contribution in [-0.2, 0) is 11.2 Å². The predicted molar refractivity (Wildman–Crippen MR) is 65.5 cm³/mol. The standard InChI is InChI=1S/C11H18N4O4/c1-2-3-4-8(10(16)17)15-11(18)12-6-5-9-13-7-14-19-9/h7-8H,2-6H2,1H3,(H,16,17)(H2,12,15,18)/t8-/m0/s1. The number of amides is 2. The molecule has 0 fully saturated rings. The van der Waals surface area contributed by atoms with Crippen molar-refractivity contribution < 1.29 is 19.2 Å². The molecule has 19 heavy (non-hydrogen) atoms. The van der Waals surface area contributed by atoms with Gasteiger partial charge < -0.3 is 20.3 Å². The van der Waals surface area contributed by atoms with E-state index < -0.39 is 18.0 Å². The largest absolute Gasteiger partial charge is 0.480 e. The summed E-state index contributed by atoms with van der Waals surface area (Å²) in [5.74, 6) is -0.610. The Morgan fingerprint density at radius 3 is 2.89 bits per heavy atom. The molecule has 0 aliphatic heterocycles. The van der Waals surface area contributed by atoms with E-state index in [1.54, 1.807) is 0 Å². The van der Waals surface area contributed by atoms with Crippen LogP contribution in [0.1, 0.15) is 32.1 Å². The monoisotopic (exact) mass is 270 g/mol. The number of carbonyl (C=O) groups excluding carboxylic acids is 1. The van der Waals surface area contributed by atoms with E-state index in [0.717, 1.165) is 12.8 Å². The summed E-state index contributed by atoms with van der Waals surface area (Å²) in [6.45, 7) is 2.26. The maximum atomic E-state index is 11.5. The number of carboxylic acid groups (broad SMARTS) is 1. The number of carbonyl (C=O) groups is 2. The van der Waals surface area contributed by atoms with E-state index in [1.165, 1.54) is 6.33 Å². The molecule has 0 radical (unpaired) electrons. The van der Waals surface area contributed by atoms with Gasteiger partial charge in [-0.15, -0.1) is 0 Å². The summed E-state index contributed by atoms with van der Waals surface area (Å²) in [6.07, 6.45) is 3.73. The highest BCUT2D eigenvalue weighted by molar-refractivity contribution is 5.82. The molecule has 1 aromatic heterocycles. The van der Waals surface area contributed by atoms with Crippen LogP contribution in [0, 0.1) is 0 Å². The van der Waals surface area contributed by atoms with Crippen molar-refractivity contribution >= 4 is 12.0 Å². The molecule has 1 aromatic rings. The van der Waals surface area contributed by atoms with Crippen molar-refractivity contribution in [3.05, 3.63) is 12.2 Å². The number of urea groups is 1. The van der Waals surface area contributed by atoms with E-state index in [1.807, 2.05) is 6.92 Å². The molecule has 0 unspecified atom stereocenters. The fourth-order valence-electron chi connectivity index (χ4n) is 1.46. The summed E-state index contributed by atoms with van der Waals surface area (Å²) >= 11 is 0. The Labute approximate surface area is 110 Å². The minimum absolute atomic E-state index is 0.300. The molecule has 0 bridgehead atoms. The first-order valence-corrected chi connectivity index (χ1v) is 6.16. The number of nitrogens with zero attached hydrogens (tertiary/aromatic N) is 2. The highest BCUT2D eigenvalue weighted by Gasteiger charge is 2.18. The predicted octanol–water partition coefficient (Wildman–Crippen LogP) is 0.555. The lowest BCUT2D eigenvalue weighted by atomic mass is 10.1. The third-order valence-corrected chi connectivity index (χ3v) is 2.48. The minimum atomic E-state index is -1.03. The Bertz CT molecular complexity index is 393. The SMILES string of the molecule is CCCC[C@H](NC(=O)NCCc1ncno1)C(=O)O. The molecular weight excluding hydrogens is 252 g/mol. The van der Waals surface area contributed by atoms with E-state index in [-0.39, 0.29) is 0 Å². The van der Waals surface area contributed by atoms with Gasteiger partial charge in [0.2, 0.25) is 5.89 Å². The molecule has 8 nitrogen and oxygen atoms in total. The van der Waals surface area contributed by atoms with E-state index in [4.69, 9.17) is 9.63 Å². The van der Waals surface area contributed by atoms with Crippen LogP contribution < -0.4 is 10.6 Å². The Kier molecular flexibility index (Phi) is 6.34. The molecule has 1 atom stereocenters. The molecule has 0 spiro atoms. The molecule has 2 amide bonds. The maximum absolute atomic E-state index is 11.5. The molecule has 3 N–H and O–H groups in total. The van der Waals surface area contributed by atoms with Gasteiger partial charge in [0, 0.05) is 13.0 Å². The summed E-state index contributed by atoms with van der Waals surface area (Å²) in [5.41, 5.74) is 0. The third kappa shape index (κ3) is 5.84. The van der Waals surface area contributed by atoms with Crippen LogP contribution in [0.4, 0.5) is 4.79 Å². The van der Waals surface area contributed by atoms with Gasteiger partial charge in [-0.3, -0.25) is 0 Å². The van der Waals surface area contributed by atoms with E-state index in [9.17, 15) is 9.59 Å². The highest BCUT2D eigenvalue weighted by atomic mass is 16.5. The van der Waals surface area contributed by atoms with Crippen LogP contribution in [0.5, 0.6) is 0 Å². The Morgan fingerprint density at radius 2 is 2.32 bits per heavy atom. The van der Waals surface area contributed by atoms with E-state index in [2.05, 4.69) is 20.8 Å². The van der Waals surface area contributed by atoms with E-state index in [0.29, 0.717) is 25.3 Å². The summed E-state index contributed by atoms with van der Waals surface area (Å²) in [6, 6.07) is -1.37. The molecule has 0 saturated carbocycles. The van der Waals surface area contributed by atoms with Gasteiger partial charge >= 0.3 is 12.0 Å². The number of rotatable bonds is 8. The zero-order valence-corrected chi connectivity index (χ0v) is 10.8. The molecule has 0 aliphatic carbocycles. The average molecular weight is 270 g/mol. The van der Waals surface area contributed by atoms with Gasteiger partial charge in [-0.05, 0) is 6.42 Å². The fourth-order valence-corrected chi connectivity index (χ4v) is 1.46. The van der Waals surface area contributed by atoms with Crippen molar-refractivity contribution in [3.8, 4) is 0 Å². The van der Waals surface area contributed by atoms with Crippen molar-refractivity contribution in [3.63, 3.8) is 0 Å². The first-order valence-electron chi connectivity index (χ1n) is 6.16. The molecule has 0 saturated heterocycles. The van der Waals surface area contributed by atoms with Crippen LogP contribution in [0.25, 0.3) is 0 Å². The third-order valence-electron chi connectivity index (χ3n) is 2.48. The fraction of sp³-hybridized carbons (Fsp3) is 0.636. The van der Waals surface area contributed by atoms with Gasteiger partial charge in [-0.1, -0.05) is 24.9 Å². The first-order chi connectivity index (χ1) is 9.13. The highest BCUT2D eigenvalue weighted by Crippen LogP contribution is 2.00. The zero-order chi connectivity index (χ0) is 14.1. The van der Waals surface area contributed by atoms with Gasteiger partial charge in [0.15, 0.2) is 6.33 Å². The molecular formula is C11H18N4O4. The molecule has 0 aliphatic rings. The molecule has 8 heteroatoms. The lowest BCUT2D eigenvalue weighted by Gasteiger charge is -2.14. The second-order valence-corrected chi connectivity index (χ2v) is 4.02. The summed E-state index contributed by atoms with van der Waals surface area (Å²) in [4.78, 5) is 26.2. The number of nitrogens with one attached hydrogen (secondary N) is 2. The van der Waals surface area contributed by atoms with Gasteiger partial charge in [0.25, 0.3) is 0 Å². The van der Waals surface area contributed by atoms with Gasteiger partial charge in [-0.25, -0.2) is 9.59 Å². The second kappa shape index (κ2) is 8.06. The van der Waals surface area contributed by atoms with Crippen LogP contribution in [-0.4, -0.2) is 39.8 Å². The lowest BCUT2D eigenvalue weighted by Crippen LogP contribution is -2.46. The normalized spacial score (nSPS) is 11.8. The van der Waals surface area contributed by atoms with Crippen LogP contribution in [0.3, 0.4) is 0 Å². The van der Waals surface area contributed by atoms with Crippen molar-refractivity contribution in [1.82, 2.24) is 20.8 Å². The Hall–Kier alpha value is -2.12. The lowest BCUT2D eigenvalue weighted by molar-refractivity contribution is -0.139. The second-order valence-electron chi connectivity index (χ2n) is 4.02. The van der Waals surface area contributed by atoms with Crippen LogP contribution >= 0.6 is 0 Å². The molecule has 0 aromatic carbocycles. The van der Waals surface area contributed by atoms with Crippen molar-refractivity contribution in [2.24, 2.45) is 0 Å². The summed E-state index contributed by atoms with van der Waals surface area (Å²) < 4.78 is 4.76. The van der Waals surface area contributed by atoms with Gasteiger partial charge in [-0.2, -0.15) is 4.98 Å². The van der Waals surface area contributed by atoms with Gasteiger partial charge in [0.1, 0.15) is 6.04 Å². The number of hydrogen-bond acceptors (Lipinski definition) is 5. The quantitative estimate of drug-likeness (QED) is 0.635. The number of carboxylic acids is 1. The minimum Gasteiger partial charge on any atom is -0.480 e. The average Bonchev–Trinajstić information content (AvgIpc) is 2.87. The Morgan fingerprint density at radius 1 is 1.53 bits per heavy atom. The van der Waals surface area contributed by atoms with Crippen LogP contribution in [0.2, 0.25) is 0 Å². The van der Waals surface area contributed by atoms with Crippen LogP contribution in [0.15, 0.2) is 10.9 Å². The number of hydrogen-bond donors (Lipinski definition) is 3. The van der Waals surface area contributed by atoms with Crippen molar-refractivity contribution in [2.75, 3.05) is 6.54 Å². The van der Waals surface area contributed by atoms with E-state index >= 15 is 0 Å². The summed E-state index contributed by atoms with van der Waals surface area (Å²) in [5, 5.41) is 17.3. The number of unbranched alkanes of at least 4 members (excludes halogenated alkanes) is 1. The first kappa shape index (κ1) is 14.9. The summed E-state index contributed by atoms with van der Waals surface area (Å²) in [7, 11) is 0. The number of aliphatic carboxylic acids is 1. The molecule has 1 rings (SSSR count). The maximum Gasteiger partial charge on any atom is 0.326 e. The number of aromatic nitrogens is 2. The van der Waals surface area contributed by atoms with Crippen molar-refractivity contribution in [1.29, 1.82) is 0 Å².